The standard InChI is InChI=1S/C20H32O/c1-4-6-7-8-9-10-11-12-20(21)19-15-13-18(14-16-19)17(3)5-2/h13-17H,4-12H2,1-3H3. The summed E-state index contributed by atoms with van der Waals surface area (Å²) in [6, 6.07) is 8.24. The van der Waals surface area contributed by atoms with Gasteiger partial charge in [0.25, 0.3) is 0 Å². The Hall–Kier alpha value is -1.11. The number of carbonyl (C=O) groups excluding carboxylic acids is 1. The van der Waals surface area contributed by atoms with Gasteiger partial charge < -0.3 is 0 Å². The monoisotopic (exact) mass is 288 g/mol. The highest BCUT2D eigenvalue weighted by Crippen LogP contribution is 2.19. The zero-order valence-corrected chi connectivity index (χ0v) is 14.2. The number of hydrogen-bond acceptors (Lipinski definition) is 1. The first-order valence-corrected chi connectivity index (χ1v) is 8.82. The van der Waals surface area contributed by atoms with Crippen molar-refractivity contribution in [1.29, 1.82) is 0 Å². The van der Waals surface area contributed by atoms with Crippen LogP contribution in [0.5, 0.6) is 0 Å². The molecule has 0 aromatic heterocycles. The van der Waals surface area contributed by atoms with Crippen LogP contribution in [0.2, 0.25) is 0 Å². The van der Waals surface area contributed by atoms with Crippen molar-refractivity contribution in [1.82, 2.24) is 0 Å². The lowest BCUT2D eigenvalue weighted by atomic mass is 9.96. The lowest BCUT2D eigenvalue weighted by Crippen LogP contribution is -2.00. The van der Waals surface area contributed by atoms with Crippen LogP contribution in [-0.2, 0) is 0 Å². The Morgan fingerprint density at radius 2 is 1.48 bits per heavy atom. The van der Waals surface area contributed by atoms with E-state index >= 15 is 0 Å². The molecule has 0 heterocycles. The molecule has 1 rings (SSSR count). The molecule has 1 aromatic carbocycles. The van der Waals surface area contributed by atoms with E-state index in [2.05, 4.69) is 32.9 Å². The van der Waals surface area contributed by atoms with E-state index in [1.54, 1.807) is 0 Å². The first-order valence-electron chi connectivity index (χ1n) is 8.82. The highest BCUT2D eigenvalue weighted by molar-refractivity contribution is 5.96. The third-order valence-corrected chi connectivity index (χ3v) is 4.42. The molecular formula is C20H32O. The third-order valence-electron chi connectivity index (χ3n) is 4.42. The summed E-state index contributed by atoms with van der Waals surface area (Å²) in [5.41, 5.74) is 2.22. The Bertz CT molecular complexity index is 391. The Morgan fingerprint density at radius 1 is 0.905 bits per heavy atom. The number of carbonyl (C=O) groups is 1. The molecule has 1 aromatic rings. The molecule has 0 N–H and O–H groups in total. The van der Waals surface area contributed by atoms with E-state index in [9.17, 15) is 4.79 Å². The van der Waals surface area contributed by atoms with Crippen molar-refractivity contribution in [2.45, 2.75) is 84.5 Å². The summed E-state index contributed by atoms with van der Waals surface area (Å²) in [4.78, 5) is 12.1. The molecule has 1 atom stereocenters. The van der Waals surface area contributed by atoms with Gasteiger partial charge in [-0.05, 0) is 24.3 Å². The number of rotatable bonds is 11. The molecule has 0 bridgehead atoms. The van der Waals surface area contributed by atoms with Crippen molar-refractivity contribution in [3.8, 4) is 0 Å². The normalized spacial score (nSPS) is 12.3. The van der Waals surface area contributed by atoms with Gasteiger partial charge in [-0.3, -0.25) is 4.79 Å². The molecule has 0 saturated carbocycles. The lowest BCUT2D eigenvalue weighted by Gasteiger charge is -2.09. The zero-order valence-electron chi connectivity index (χ0n) is 14.2. The number of ketones is 1. The van der Waals surface area contributed by atoms with Gasteiger partial charge in [0.05, 0.1) is 0 Å². The van der Waals surface area contributed by atoms with Gasteiger partial charge in [0.2, 0.25) is 0 Å². The zero-order chi connectivity index (χ0) is 15.5. The van der Waals surface area contributed by atoms with Crippen LogP contribution in [0.3, 0.4) is 0 Å². The predicted octanol–water partition coefficient (Wildman–Crippen LogP) is 6.52. The summed E-state index contributed by atoms with van der Waals surface area (Å²) in [6.45, 7) is 6.67. The van der Waals surface area contributed by atoms with E-state index in [1.165, 1.54) is 44.1 Å². The number of benzene rings is 1. The van der Waals surface area contributed by atoms with Crippen LogP contribution in [0.25, 0.3) is 0 Å². The molecule has 0 saturated heterocycles. The molecular weight excluding hydrogens is 256 g/mol. The van der Waals surface area contributed by atoms with E-state index in [-0.39, 0.29) is 0 Å². The minimum absolute atomic E-state index is 0.305. The lowest BCUT2D eigenvalue weighted by molar-refractivity contribution is 0.0979. The molecule has 1 unspecified atom stereocenters. The van der Waals surface area contributed by atoms with Crippen LogP contribution in [0.4, 0.5) is 0 Å². The van der Waals surface area contributed by atoms with Crippen molar-refractivity contribution in [2.75, 3.05) is 0 Å². The van der Waals surface area contributed by atoms with E-state index in [0.29, 0.717) is 18.1 Å². The van der Waals surface area contributed by atoms with Gasteiger partial charge in [-0.2, -0.15) is 0 Å². The summed E-state index contributed by atoms with van der Waals surface area (Å²) in [7, 11) is 0. The first kappa shape index (κ1) is 17.9. The van der Waals surface area contributed by atoms with Crippen LogP contribution in [0.15, 0.2) is 24.3 Å². The molecule has 21 heavy (non-hydrogen) atoms. The van der Waals surface area contributed by atoms with Crippen molar-refractivity contribution in [2.24, 2.45) is 0 Å². The molecule has 0 fully saturated rings. The smallest absolute Gasteiger partial charge is 0.162 e. The fraction of sp³-hybridized carbons (Fsp3) is 0.650. The highest BCUT2D eigenvalue weighted by Gasteiger charge is 2.07. The van der Waals surface area contributed by atoms with Crippen molar-refractivity contribution < 1.29 is 4.79 Å². The molecule has 1 heteroatoms. The van der Waals surface area contributed by atoms with Gasteiger partial charge >= 0.3 is 0 Å². The molecule has 1 nitrogen and oxygen atoms in total. The third kappa shape index (κ3) is 6.93. The summed E-state index contributed by atoms with van der Waals surface area (Å²) in [5, 5.41) is 0. The summed E-state index contributed by atoms with van der Waals surface area (Å²) in [6.07, 6.45) is 10.7. The summed E-state index contributed by atoms with van der Waals surface area (Å²) < 4.78 is 0. The second kappa shape index (κ2) is 10.6. The van der Waals surface area contributed by atoms with E-state index in [0.717, 1.165) is 18.4 Å². The highest BCUT2D eigenvalue weighted by atomic mass is 16.1. The maximum Gasteiger partial charge on any atom is 0.162 e. The van der Waals surface area contributed by atoms with Crippen LogP contribution >= 0.6 is 0 Å². The maximum absolute atomic E-state index is 12.1. The molecule has 0 aliphatic carbocycles. The van der Waals surface area contributed by atoms with Crippen LogP contribution in [0.1, 0.15) is 100 Å². The van der Waals surface area contributed by atoms with Gasteiger partial charge in [-0.25, -0.2) is 0 Å². The van der Waals surface area contributed by atoms with Gasteiger partial charge in [0.15, 0.2) is 5.78 Å². The Morgan fingerprint density at radius 3 is 2.05 bits per heavy atom. The average Bonchev–Trinajstić information content (AvgIpc) is 2.53. The minimum Gasteiger partial charge on any atom is -0.294 e. The Balaban J connectivity index is 2.26. The topological polar surface area (TPSA) is 17.1 Å². The van der Waals surface area contributed by atoms with Crippen molar-refractivity contribution >= 4 is 5.78 Å². The molecule has 118 valence electrons. The van der Waals surface area contributed by atoms with E-state index in [4.69, 9.17) is 0 Å². The maximum atomic E-state index is 12.1. The largest absolute Gasteiger partial charge is 0.294 e. The summed E-state index contributed by atoms with van der Waals surface area (Å²) in [5.74, 6) is 0.886. The van der Waals surface area contributed by atoms with Crippen molar-refractivity contribution in [3.63, 3.8) is 0 Å². The van der Waals surface area contributed by atoms with E-state index < -0.39 is 0 Å². The van der Waals surface area contributed by atoms with Crippen LogP contribution < -0.4 is 0 Å². The van der Waals surface area contributed by atoms with Crippen LogP contribution in [-0.4, -0.2) is 5.78 Å². The first-order chi connectivity index (χ1) is 10.2. The summed E-state index contributed by atoms with van der Waals surface area (Å²) >= 11 is 0. The molecule has 0 spiro atoms. The SMILES string of the molecule is CCCCCCCCCC(=O)c1ccc(C(C)CC)cc1. The van der Waals surface area contributed by atoms with Gasteiger partial charge in [0, 0.05) is 12.0 Å². The number of unbranched alkanes of at least 4 members (excludes halogenated alkanes) is 6. The van der Waals surface area contributed by atoms with Gasteiger partial charge in [0.1, 0.15) is 0 Å². The van der Waals surface area contributed by atoms with Gasteiger partial charge in [-0.15, -0.1) is 0 Å². The minimum atomic E-state index is 0.305. The van der Waals surface area contributed by atoms with Crippen molar-refractivity contribution in [3.05, 3.63) is 35.4 Å². The second-order valence-corrected chi connectivity index (χ2v) is 6.23. The van der Waals surface area contributed by atoms with Crippen LogP contribution in [0, 0.1) is 0 Å². The molecule has 0 amide bonds. The second-order valence-electron chi connectivity index (χ2n) is 6.23. The Labute approximate surface area is 131 Å². The van der Waals surface area contributed by atoms with E-state index in [1.807, 2.05) is 12.1 Å². The fourth-order valence-electron chi connectivity index (χ4n) is 2.62. The predicted molar refractivity (Wildman–Crippen MR) is 92.1 cm³/mol. The number of hydrogen-bond donors (Lipinski definition) is 0. The fourth-order valence-corrected chi connectivity index (χ4v) is 2.62. The quantitative estimate of drug-likeness (QED) is 0.334. The van der Waals surface area contributed by atoms with Gasteiger partial charge in [-0.1, -0.05) is 83.6 Å². The Kier molecular flexibility index (Phi) is 9.05. The number of Topliss-reactive ketones (excluding diaryl/α,β-unsaturated/α-hetero) is 1. The molecule has 0 aliphatic heterocycles. The molecule has 0 radical (unpaired) electrons. The average molecular weight is 288 g/mol. The molecule has 0 aliphatic rings.